The normalized spacial score (nSPS) is 16.5. The Morgan fingerprint density at radius 3 is 1.50 bits per heavy atom. The SMILES string of the molecule is C1=CC=C[CH-]C=CC=CC=CCC=CC=C1. The zero-order valence-electron chi connectivity index (χ0n) is 9.37. The van der Waals surface area contributed by atoms with Crippen molar-refractivity contribution in [2.75, 3.05) is 0 Å². The van der Waals surface area contributed by atoms with Crippen LogP contribution in [0.25, 0.3) is 0 Å². The van der Waals surface area contributed by atoms with Crippen molar-refractivity contribution in [1.82, 2.24) is 0 Å². The van der Waals surface area contributed by atoms with E-state index in [-0.39, 0.29) is 0 Å². The molecule has 0 unspecified atom stereocenters. The van der Waals surface area contributed by atoms with Gasteiger partial charge in [-0.15, -0.1) is 12.2 Å². The van der Waals surface area contributed by atoms with Crippen LogP contribution in [0, 0.1) is 6.42 Å². The van der Waals surface area contributed by atoms with E-state index < -0.39 is 0 Å². The maximum absolute atomic E-state index is 2.12. The van der Waals surface area contributed by atoms with Crippen LogP contribution in [-0.4, -0.2) is 0 Å². The molecular formula is C16H17-. The number of hydrogen-bond donors (Lipinski definition) is 0. The van der Waals surface area contributed by atoms with Gasteiger partial charge in [0.05, 0.1) is 0 Å². The Kier molecular flexibility index (Phi) is 7.27. The first-order chi connectivity index (χ1) is 8.00. The van der Waals surface area contributed by atoms with Crippen LogP contribution in [0.4, 0.5) is 0 Å². The second-order valence-corrected chi connectivity index (χ2v) is 3.21. The second kappa shape index (κ2) is 9.60. The smallest absolute Gasteiger partial charge is 0.0163 e. The Morgan fingerprint density at radius 1 is 0.500 bits per heavy atom. The highest BCUT2D eigenvalue weighted by atomic mass is 13.8. The van der Waals surface area contributed by atoms with Gasteiger partial charge in [-0.1, -0.05) is 48.6 Å². The lowest BCUT2D eigenvalue weighted by molar-refractivity contribution is 1.39. The minimum absolute atomic E-state index is 0.966. The Labute approximate surface area is 98.4 Å². The fraction of sp³-hybridized carbons (Fsp3) is 0.0625. The average Bonchev–Trinajstić information content (AvgIpc) is 2.29. The van der Waals surface area contributed by atoms with Crippen molar-refractivity contribution >= 4 is 0 Å². The molecule has 0 nitrogen and oxygen atoms in total. The van der Waals surface area contributed by atoms with Crippen molar-refractivity contribution in [3.05, 3.63) is 91.5 Å². The molecule has 0 bridgehead atoms. The highest BCUT2D eigenvalue weighted by Gasteiger charge is 1.68. The number of rotatable bonds is 0. The van der Waals surface area contributed by atoms with Crippen LogP contribution in [-0.2, 0) is 0 Å². The molecule has 0 aromatic carbocycles. The van der Waals surface area contributed by atoms with Crippen LogP contribution in [0.5, 0.6) is 0 Å². The predicted molar refractivity (Wildman–Crippen MR) is 72.9 cm³/mol. The van der Waals surface area contributed by atoms with Gasteiger partial charge in [-0.25, -0.2) is 0 Å². The molecule has 0 fully saturated rings. The molecule has 0 saturated heterocycles. The number of hydrogen-bond acceptors (Lipinski definition) is 0. The van der Waals surface area contributed by atoms with E-state index >= 15 is 0 Å². The van der Waals surface area contributed by atoms with Crippen LogP contribution < -0.4 is 0 Å². The number of allylic oxidation sites excluding steroid dienone is 14. The van der Waals surface area contributed by atoms with Crippen LogP contribution in [0.2, 0.25) is 0 Å². The Morgan fingerprint density at radius 2 is 0.938 bits per heavy atom. The first kappa shape index (κ1) is 12.1. The second-order valence-electron chi connectivity index (χ2n) is 3.21. The predicted octanol–water partition coefficient (Wildman–Crippen LogP) is 4.49. The van der Waals surface area contributed by atoms with Crippen molar-refractivity contribution in [1.29, 1.82) is 0 Å². The molecule has 16 heavy (non-hydrogen) atoms. The van der Waals surface area contributed by atoms with Gasteiger partial charge in [0.2, 0.25) is 0 Å². The van der Waals surface area contributed by atoms with Crippen LogP contribution in [0.15, 0.2) is 85.1 Å². The summed E-state index contributed by atoms with van der Waals surface area (Å²) in [6.45, 7) is 0. The van der Waals surface area contributed by atoms with Crippen LogP contribution in [0.1, 0.15) is 6.42 Å². The summed E-state index contributed by atoms with van der Waals surface area (Å²) in [6, 6.07) is 0. The summed E-state index contributed by atoms with van der Waals surface area (Å²) >= 11 is 0. The minimum Gasteiger partial charge on any atom is -0.172 e. The lowest BCUT2D eigenvalue weighted by atomic mass is 10.3. The Hall–Kier alpha value is -1.95. The lowest BCUT2D eigenvalue weighted by Gasteiger charge is -1.88. The monoisotopic (exact) mass is 209 g/mol. The molecule has 1 rings (SSSR count). The summed E-state index contributed by atoms with van der Waals surface area (Å²) in [5, 5.41) is 0. The summed E-state index contributed by atoms with van der Waals surface area (Å²) in [5.41, 5.74) is 0. The minimum atomic E-state index is 0.966. The lowest BCUT2D eigenvalue weighted by Crippen LogP contribution is -1.61. The Bertz CT molecular complexity index is 321. The molecule has 82 valence electrons. The van der Waals surface area contributed by atoms with Crippen molar-refractivity contribution in [2.24, 2.45) is 0 Å². The highest BCUT2D eigenvalue weighted by Crippen LogP contribution is 1.91. The van der Waals surface area contributed by atoms with Gasteiger partial charge in [0, 0.05) is 0 Å². The Balaban J connectivity index is 2.57. The van der Waals surface area contributed by atoms with E-state index in [1.807, 2.05) is 67.2 Å². The van der Waals surface area contributed by atoms with E-state index in [1.54, 1.807) is 0 Å². The van der Waals surface area contributed by atoms with Gasteiger partial charge < -0.3 is 0 Å². The van der Waals surface area contributed by atoms with E-state index in [0.29, 0.717) is 0 Å². The molecule has 1 aliphatic rings. The molecule has 0 heteroatoms. The summed E-state index contributed by atoms with van der Waals surface area (Å²) in [4.78, 5) is 0. The van der Waals surface area contributed by atoms with Crippen LogP contribution >= 0.6 is 0 Å². The third kappa shape index (κ3) is 7.45. The fourth-order valence-electron chi connectivity index (χ4n) is 1.10. The molecule has 1 aliphatic carbocycles. The van der Waals surface area contributed by atoms with E-state index in [9.17, 15) is 0 Å². The van der Waals surface area contributed by atoms with Gasteiger partial charge in [0.15, 0.2) is 0 Å². The van der Waals surface area contributed by atoms with Gasteiger partial charge in [0.1, 0.15) is 0 Å². The summed E-state index contributed by atoms with van der Waals surface area (Å²) < 4.78 is 0. The maximum atomic E-state index is 2.12. The van der Waals surface area contributed by atoms with Crippen molar-refractivity contribution in [3.63, 3.8) is 0 Å². The standard InChI is InChI=1S/C16H17/c1-2-4-6-8-10-12-14-16-15-13-11-9-7-5-3-1/h1-15H,16H2/q-1. The van der Waals surface area contributed by atoms with Crippen molar-refractivity contribution in [3.8, 4) is 0 Å². The van der Waals surface area contributed by atoms with Gasteiger partial charge in [-0.2, -0.15) is 30.7 Å². The zero-order chi connectivity index (χ0) is 11.3. The van der Waals surface area contributed by atoms with Crippen LogP contribution in [0.3, 0.4) is 0 Å². The first-order valence-electron chi connectivity index (χ1n) is 5.48. The quantitative estimate of drug-likeness (QED) is 0.516. The summed E-state index contributed by atoms with van der Waals surface area (Å²) in [6.07, 6.45) is 31.5. The molecule has 0 radical (unpaired) electrons. The van der Waals surface area contributed by atoms with E-state index in [0.717, 1.165) is 6.42 Å². The molecule has 0 saturated carbocycles. The molecule has 0 atom stereocenters. The molecule has 0 N–H and O–H groups in total. The van der Waals surface area contributed by atoms with Gasteiger partial charge in [-0.3, -0.25) is 0 Å². The maximum Gasteiger partial charge on any atom is -0.0163 e. The van der Waals surface area contributed by atoms with Crippen molar-refractivity contribution in [2.45, 2.75) is 6.42 Å². The van der Waals surface area contributed by atoms with E-state index in [4.69, 9.17) is 0 Å². The first-order valence-corrected chi connectivity index (χ1v) is 5.48. The molecule has 0 amide bonds. The van der Waals surface area contributed by atoms with E-state index in [1.165, 1.54) is 0 Å². The third-order valence-electron chi connectivity index (χ3n) is 1.88. The third-order valence-corrected chi connectivity index (χ3v) is 1.88. The summed E-state index contributed by atoms with van der Waals surface area (Å²) in [5.74, 6) is 0. The highest BCUT2D eigenvalue weighted by molar-refractivity contribution is 5.21. The molecule has 0 aliphatic heterocycles. The fourth-order valence-corrected chi connectivity index (χ4v) is 1.10. The van der Waals surface area contributed by atoms with Gasteiger partial charge in [-0.05, 0) is 6.42 Å². The molecular weight excluding hydrogens is 192 g/mol. The van der Waals surface area contributed by atoms with E-state index in [2.05, 4.69) is 24.3 Å². The average molecular weight is 209 g/mol. The summed E-state index contributed by atoms with van der Waals surface area (Å²) in [7, 11) is 0. The molecule has 0 heterocycles. The van der Waals surface area contributed by atoms with Crippen molar-refractivity contribution < 1.29 is 0 Å². The topological polar surface area (TPSA) is 0 Å². The zero-order valence-corrected chi connectivity index (χ0v) is 9.37. The van der Waals surface area contributed by atoms with Gasteiger partial charge in [0.25, 0.3) is 0 Å². The van der Waals surface area contributed by atoms with Gasteiger partial charge >= 0.3 is 0 Å². The molecule has 0 spiro atoms. The largest absolute Gasteiger partial charge is 0.172 e. The molecule has 0 aromatic heterocycles. The molecule has 0 aromatic rings.